The molecule has 2 amide bonds. The van der Waals surface area contributed by atoms with Crippen LogP contribution in [-0.2, 0) is 31.3 Å². The summed E-state index contributed by atoms with van der Waals surface area (Å²) in [5, 5.41) is 22.1. The predicted molar refractivity (Wildman–Crippen MR) is 203 cm³/mol. The number of hydrogen-bond donors (Lipinski definition) is 2. The highest BCUT2D eigenvalue weighted by atomic mass is 16.6. The molecular formula is C41H42N6O6. The number of nitrogens with zero attached hydrogens (tertiary/aromatic N) is 5. The minimum Gasteiger partial charge on any atom is -0.508 e. The maximum absolute atomic E-state index is 14.8. The minimum atomic E-state index is -0.477. The van der Waals surface area contributed by atoms with E-state index in [-0.39, 0.29) is 35.8 Å². The van der Waals surface area contributed by atoms with Crippen LogP contribution in [0.1, 0.15) is 43.1 Å². The highest BCUT2D eigenvalue weighted by Gasteiger charge is 2.34. The van der Waals surface area contributed by atoms with Gasteiger partial charge < -0.3 is 29.9 Å². The van der Waals surface area contributed by atoms with Gasteiger partial charge in [0.15, 0.2) is 0 Å². The zero-order valence-corrected chi connectivity index (χ0v) is 29.8. The lowest BCUT2D eigenvalue weighted by molar-refractivity contribution is -0.384. The number of non-ortho nitro benzene ring substituents is 1. The third kappa shape index (κ3) is 7.24. The number of anilines is 2. The van der Waals surface area contributed by atoms with E-state index in [9.17, 15) is 24.8 Å². The van der Waals surface area contributed by atoms with Crippen LogP contribution in [0.15, 0.2) is 97.1 Å². The first-order valence-electron chi connectivity index (χ1n) is 17.7. The number of amides is 2. The Bertz CT molecular complexity index is 2170. The molecule has 2 aliphatic heterocycles. The number of fused-ring (bicyclic) bond motifs is 1. The number of carbonyl (C=O) groups is 2. The molecule has 0 radical (unpaired) electrons. The Morgan fingerprint density at radius 1 is 0.943 bits per heavy atom. The number of carbonyl (C=O) groups excluding carboxylic acids is 2. The number of phenols is 1. The molecule has 272 valence electrons. The van der Waals surface area contributed by atoms with Gasteiger partial charge in [-0.15, -0.1) is 0 Å². The lowest BCUT2D eigenvalue weighted by atomic mass is 9.92. The summed E-state index contributed by atoms with van der Waals surface area (Å²) in [5.41, 5.74) is 12.3. The van der Waals surface area contributed by atoms with Gasteiger partial charge in [-0.2, -0.15) is 0 Å². The van der Waals surface area contributed by atoms with Crippen molar-refractivity contribution in [2.45, 2.75) is 32.5 Å². The summed E-state index contributed by atoms with van der Waals surface area (Å²) in [6.45, 7) is 5.87. The Balaban J connectivity index is 1.29. The first-order valence-corrected chi connectivity index (χ1v) is 17.7. The second kappa shape index (κ2) is 14.9. The van der Waals surface area contributed by atoms with Crippen molar-refractivity contribution in [3.63, 3.8) is 0 Å². The maximum Gasteiger partial charge on any atom is 0.270 e. The summed E-state index contributed by atoms with van der Waals surface area (Å²) in [4.78, 5) is 46.8. The van der Waals surface area contributed by atoms with Gasteiger partial charge in [0.1, 0.15) is 5.75 Å². The normalized spacial score (nSPS) is 15.9. The molecule has 1 saturated heterocycles. The fourth-order valence-electron chi connectivity index (χ4n) is 7.35. The molecule has 1 atom stereocenters. The van der Waals surface area contributed by atoms with E-state index in [1.165, 1.54) is 35.9 Å². The van der Waals surface area contributed by atoms with Crippen LogP contribution in [0.25, 0.3) is 11.3 Å². The van der Waals surface area contributed by atoms with Crippen molar-refractivity contribution in [2.24, 2.45) is 7.05 Å². The molecule has 0 spiro atoms. The predicted octanol–water partition coefficient (Wildman–Crippen LogP) is 5.94. The molecule has 4 aromatic carbocycles. The van der Waals surface area contributed by atoms with Crippen LogP contribution in [0.5, 0.6) is 5.75 Å². The summed E-state index contributed by atoms with van der Waals surface area (Å²) >= 11 is 0. The van der Waals surface area contributed by atoms with Crippen molar-refractivity contribution in [3.05, 3.63) is 141 Å². The van der Waals surface area contributed by atoms with Gasteiger partial charge in [-0.25, -0.2) is 0 Å². The number of nitro groups is 1. The molecule has 53 heavy (non-hydrogen) atoms. The molecule has 5 aromatic rings. The fraction of sp³-hybridized carbons (Fsp3) is 0.268. The summed E-state index contributed by atoms with van der Waals surface area (Å²) in [7, 11) is 1.78. The third-order valence-electron chi connectivity index (χ3n) is 10.5. The van der Waals surface area contributed by atoms with Crippen LogP contribution in [0.2, 0.25) is 0 Å². The number of aromatic hydroxyl groups is 1. The first-order chi connectivity index (χ1) is 25.6. The third-order valence-corrected chi connectivity index (χ3v) is 10.5. The molecule has 2 aliphatic rings. The number of para-hydroxylation sites is 1. The van der Waals surface area contributed by atoms with Gasteiger partial charge in [0.05, 0.1) is 30.2 Å². The number of nitrogens with two attached hydrogens (primary N) is 1. The van der Waals surface area contributed by atoms with Crippen LogP contribution in [0, 0.1) is 17.0 Å². The largest absolute Gasteiger partial charge is 0.508 e. The molecule has 3 heterocycles. The lowest BCUT2D eigenvalue weighted by Gasteiger charge is -2.40. The molecule has 3 N–H and O–H groups in total. The van der Waals surface area contributed by atoms with Crippen LogP contribution in [0.4, 0.5) is 17.1 Å². The Kier molecular flexibility index (Phi) is 9.98. The summed E-state index contributed by atoms with van der Waals surface area (Å²) in [5.74, 6) is -0.514. The number of nitrogen functional groups attached to an aromatic ring is 1. The SMILES string of the molecule is Cc1c(C(=O)N(Cc2ccccc2N)c2ccc(O)cc2)cc(-c2cc([N+](=O)[O-])ccc2C(=O)N2Cc3ccccc3C[C@H]2CN2CCOCC2)n1C. The molecule has 0 aliphatic carbocycles. The number of benzene rings is 4. The van der Waals surface area contributed by atoms with Crippen molar-refractivity contribution >= 4 is 28.9 Å². The van der Waals surface area contributed by atoms with Crippen molar-refractivity contribution < 1.29 is 24.4 Å². The minimum absolute atomic E-state index is 0.0609. The smallest absolute Gasteiger partial charge is 0.270 e. The number of aromatic nitrogens is 1. The molecule has 0 bridgehead atoms. The van der Waals surface area contributed by atoms with Gasteiger partial charge in [-0.3, -0.25) is 24.6 Å². The fourth-order valence-corrected chi connectivity index (χ4v) is 7.35. The van der Waals surface area contributed by atoms with Gasteiger partial charge >= 0.3 is 0 Å². The first kappa shape index (κ1) is 35.4. The molecule has 1 fully saturated rings. The van der Waals surface area contributed by atoms with Crippen molar-refractivity contribution in [3.8, 4) is 17.0 Å². The topological polar surface area (TPSA) is 147 Å². The number of hydrogen-bond acceptors (Lipinski definition) is 8. The summed E-state index contributed by atoms with van der Waals surface area (Å²) in [6, 6.07) is 27.7. The highest BCUT2D eigenvalue weighted by molar-refractivity contribution is 6.08. The van der Waals surface area contributed by atoms with E-state index < -0.39 is 4.92 Å². The van der Waals surface area contributed by atoms with E-state index in [2.05, 4.69) is 11.0 Å². The van der Waals surface area contributed by atoms with Gasteiger partial charge in [0.25, 0.3) is 17.5 Å². The van der Waals surface area contributed by atoms with Crippen LogP contribution in [-0.4, -0.2) is 75.1 Å². The average molecular weight is 715 g/mol. The Morgan fingerprint density at radius 3 is 2.36 bits per heavy atom. The maximum atomic E-state index is 14.8. The van der Waals surface area contributed by atoms with Gasteiger partial charge in [0.2, 0.25) is 0 Å². The van der Waals surface area contributed by atoms with Crippen LogP contribution >= 0.6 is 0 Å². The lowest BCUT2D eigenvalue weighted by Crippen LogP contribution is -2.52. The number of ether oxygens (including phenoxy) is 1. The monoisotopic (exact) mass is 714 g/mol. The number of rotatable bonds is 9. The molecule has 12 heteroatoms. The summed E-state index contributed by atoms with van der Waals surface area (Å²) < 4.78 is 7.38. The Hall–Kier alpha value is -5.98. The van der Waals surface area contributed by atoms with E-state index in [4.69, 9.17) is 10.5 Å². The zero-order valence-electron chi connectivity index (χ0n) is 29.8. The Morgan fingerprint density at radius 2 is 1.64 bits per heavy atom. The second-order valence-electron chi connectivity index (χ2n) is 13.7. The van der Waals surface area contributed by atoms with E-state index in [0.717, 1.165) is 24.2 Å². The van der Waals surface area contributed by atoms with E-state index in [0.29, 0.717) is 72.2 Å². The van der Waals surface area contributed by atoms with Gasteiger partial charge in [-0.05, 0) is 72.5 Å². The number of morpholine rings is 1. The standard InChI is InChI=1S/C41H42N6O6/c1-27-36(41(50)45(31-11-14-34(48)15-12-31)25-30-9-5-6-10-38(30)42)23-39(43(27)2)37-22-32(47(51)52)13-16-35(37)40(49)46-24-29-8-4-3-7-28(29)21-33(46)26-44-17-19-53-20-18-44/h3-16,22-23,33,48H,17-21,24-26,42H2,1-2H3/t33-/m0/s1. The molecule has 1 aromatic heterocycles. The molecule has 0 unspecified atom stereocenters. The van der Waals surface area contributed by atoms with E-state index in [1.54, 1.807) is 47.7 Å². The van der Waals surface area contributed by atoms with Crippen molar-refractivity contribution in [1.82, 2.24) is 14.4 Å². The highest BCUT2D eigenvalue weighted by Crippen LogP contribution is 2.35. The Labute approximate surface area is 307 Å². The molecular weight excluding hydrogens is 672 g/mol. The second-order valence-corrected chi connectivity index (χ2v) is 13.7. The molecule has 12 nitrogen and oxygen atoms in total. The average Bonchev–Trinajstić information content (AvgIpc) is 3.47. The van der Waals surface area contributed by atoms with E-state index >= 15 is 0 Å². The number of nitro benzene ring substituents is 1. The van der Waals surface area contributed by atoms with Gasteiger partial charge in [-0.1, -0.05) is 42.5 Å². The van der Waals surface area contributed by atoms with Crippen molar-refractivity contribution in [1.29, 1.82) is 0 Å². The molecule has 7 rings (SSSR count). The summed E-state index contributed by atoms with van der Waals surface area (Å²) in [6.07, 6.45) is 0.683. The quantitative estimate of drug-likeness (QED) is 0.108. The zero-order chi connectivity index (χ0) is 37.2. The van der Waals surface area contributed by atoms with Crippen LogP contribution in [0.3, 0.4) is 0 Å². The molecule has 0 saturated carbocycles. The van der Waals surface area contributed by atoms with Gasteiger partial charge in [0, 0.05) is 85.3 Å². The number of phenolic OH excluding ortho intramolecular Hbond substituents is 1. The van der Waals surface area contributed by atoms with Crippen molar-refractivity contribution in [2.75, 3.05) is 43.5 Å². The van der Waals surface area contributed by atoms with E-state index in [1.807, 2.05) is 41.3 Å². The van der Waals surface area contributed by atoms with Crippen LogP contribution < -0.4 is 10.6 Å².